The number of hydrogen-bond acceptors (Lipinski definition) is 3. The third-order valence-electron chi connectivity index (χ3n) is 2.77. The standard InChI is InChI=1S/C13H12BrClFN3/c14-10-3-9(6-18-7-10)13(19-17)4-8-1-2-11(16)5-12(8)15/h1-3,5-7,13,19H,4,17H2. The van der Waals surface area contributed by atoms with E-state index in [4.69, 9.17) is 17.4 Å². The molecule has 3 N–H and O–H groups in total. The lowest BCUT2D eigenvalue weighted by Gasteiger charge is -2.17. The molecular formula is C13H12BrClFN3. The fourth-order valence-corrected chi connectivity index (χ4v) is 2.43. The molecule has 2 aromatic rings. The number of benzene rings is 1. The van der Waals surface area contributed by atoms with Crippen molar-refractivity contribution in [3.8, 4) is 0 Å². The van der Waals surface area contributed by atoms with Gasteiger partial charge >= 0.3 is 0 Å². The quantitative estimate of drug-likeness (QED) is 0.660. The van der Waals surface area contributed by atoms with Crippen molar-refractivity contribution in [3.63, 3.8) is 0 Å². The van der Waals surface area contributed by atoms with E-state index in [-0.39, 0.29) is 11.9 Å². The number of halogens is 3. The molecule has 1 aromatic carbocycles. The van der Waals surface area contributed by atoms with Crippen LogP contribution in [0.4, 0.5) is 4.39 Å². The van der Waals surface area contributed by atoms with Crippen molar-refractivity contribution in [2.24, 2.45) is 5.84 Å². The Morgan fingerprint density at radius 1 is 1.37 bits per heavy atom. The van der Waals surface area contributed by atoms with Crippen molar-refractivity contribution in [2.75, 3.05) is 0 Å². The minimum Gasteiger partial charge on any atom is -0.271 e. The van der Waals surface area contributed by atoms with Crippen molar-refractivity contribution >= 4 is 27.5 Å². The van der Waals surface area contributed by atoms with E-state index in [2.05, 4.69) is 26.3 Å². The Kier molecular flexibility index (Phi) is 4.87. The van der Waals surface area contributed by atoms with Crippen LogP contribution in [0.25, 0.3) is 0 Å². The van der Waals surface area contributed by atoms with Crippen LogP contribution in [0.5, 0.6) is 0 Å². The zero-order valence-corrected chi connectivity index (χ0v) is 12.2. The van der Waals surface area contributed by atoms with Gasteiger partial charge < -0.3 is 0 Å². The molecule has 1 atom stereocenters. The maximum Gasteiger partial charge on any atom is 0.124 e. The maximum absolute atomic E-state index is 13.0. The molecule has 0 bridgehead atoms. The first-order valence-corrected chi connectivity index (χ1v) is 6.77. The zero-order chi connectivity index (χ0) is 13.8. The molecular weight excluding hydrogens is 333 g/mol. The van der Waals surface area contributed by atoms with Gasteiger partial charge in [-0.15, -0.1) is 0 Å². The van der Waals surface area contributed by atoms with E-state index in [1.807, 2.05) is 6.07 Å². The van der Waals surface area contributed by atoms with Crippen molar-refractivity contribution in [1.82, 2.24) is 10.4 Å². The van der Waals surface area contributed by atoms with Crippen LogP contribution in [0.15, 0.2) is 41.1 Å². The number of hydrogen-bond donors (Lipinski definition) is 2. The van der Waals surface area contributed by atoms with E-state index in [0.717, 1.165) is 15.6 Å². The molecule has 3 nitrogen and oxygen atoms in total. The SMILES string of the molecule is NNC(Cc1ccc(F)cc1Cl)c1cncc(Br)c1. The molecule has 0 aliphatic carbocycles. The highest BCUT2D eigenvalue weighted by Crippen LogP contribution is 2.24. The van der Waals surface area contributed by atoms with Crippen LogP contribution >= 0.6 is 27.5 Å². The minimum absolute atomic E-state index is 0.145. The molecule has 1 heterocycles. The van der Waals surface area contributed by atoms with Gasteiger partial charge in [0.05, 0.1) is 6.04 Å². The topological polar surface area (TPSA) is 50.9 Å². The molecule has 2 rings (SSSR count). The fraction of sp³-hybridized carbons (Fsp3) is 0.154. The van der Waals surface area contributed by atoms with Crippen LogP contribution in [0, 0.1) is 5.82 Å². The van der Waals surface area contributed by atoms with Gasteiger partial charge in [0, 0.05) is 21.9 Å². The average Bonchev–Trinajstić information content (AvgIpc) is 2.38. The van der Waals surface area contributed by atoms with E-state index in [1.54, 1.807) is 18.5 Å². The lowest BCUT2D eigenvalue weighted by Crippen LogP contribution is -2.29. The summed E-state index contributed by atoms with van der Waals surface area (Å²) in [6.45, 7) is 0. The lowest BCUT2D eigenvalue weighted by atomic mass is 10.0. The van der Waals surface area contributed by atoms with Gasteiger partial charge in [0.25, 0.3) is 0 Å². The highest BCUT2D eigenvalue weighted by Gasteiger charge is 2.13. The largest absolute Gasteiger partial charge is 0.271 e. The second-order valence-corrected chi connectivity index (χ2v) is 5.42. The summed E-state index contributed by atoms with van der Waals surface area (Å²) < 4.78 is 13.9. The summed E-state index contributed by atoms with van der Waals surface area (Å²) in [6.07, 6.45) is 3.97. The van der Waals surface area contributed by atoms with E-state index in [1.165, 1.54) is 12.1 Å². The highest BCUT2D eigenvalue weighted by molar-refractivity contribution is 9.10. The van der Waals surface area contributed by atoms with Crippen molar-refractivity contribution in [3.05, 3.63) is 63.1 Å². The number of nitrogens with zero attached hydrogens (tertiary/aromatic N) is 1. The summed E-state index contributed by atoms with van der Waals surface area (Å²) >= 11 is 9.38. The molecule has 1 unspecified atom stereocenters. The normalized spacial score (nSPS) is 12.4. The van der Waals surface area contributed by atoms with Gasteiger partial charge in [0.2, 0.25) is 0 Å². The molecule has 0 saturated carbocycles. The van der Waals surface area contributed by atoms with E-state index >= 15 is 0 Å². The highest BCUT2D eigenvalue weighted by atomic mass is 79.9. The van der Waals surface area contributed by atoms with E-state index < -0.39 is 0 Å². The molecule has 0 amide bonds. The number of nitrogens with one attached hydrogen (secondary N) is 1. The van der Waals surface area contributed by atoms with E-state index in [0.29, 0.717) is 11.4 Å². The molecule has 19 heavy (non-hydrogen) atoms. The van der Waals surface area contributed by atoms with Crippen LogP contribution in [0.3, 0.4) is 0 Å². The summed E-state index contributed by atoms with van der Waals surface area (Å²) in [6, 6.07) is 6.12. The molecule has 0 aliphatic rings. The van der Waals surface area contributed by atoms with Gasteiger partial charge in [-0.1, -0.05) is 17.7 Å². The molecule has 0 spiro atoms. The van der Waals surface area contributed by atoms with Gasteiger partial charge in [-0.2, -0.15) is 0 Å². The Morgan fingerprint density at radius 3 is 2.79 bits per heavy atom. The molecule has 1 aromatic heterocycles. The minimum atomic E-state index is -0.352. The second kappa shape index (κ2) is 6.43. The molecule has 0 fully saturated rings. The maximum atomic E-state index is 13.0. The summed E-state index contributed by atoms with van der Waals surface area (Å²) in [5, 5.41) is 0.392. The Labute approximate surface area is 124 Å². The number of aromatic nitrogens is 1. The average molecular weight is 345 g/mol. The smallest absolute Gasteiger partial charge is 0.124 e. The third-order valence-corrected chi connectivity index (χ3v) is 3.55. The summed E-state index contributed by atoms with van der Waals surface area (Å²) in [5.41, 5.74) is 4.48. The van der Waals surface area contributed by atoms with Gasteiger partial charge in [-0.25, -0.2) is 4.39 Å². The number of hydrazine groups is 1. The van der Waals surface area contributed by atoms with Crippen LogP contribution in [-0.4, -0.2) is 4.98 Å². The fourth-order valence-electron chi connectivity index (χ4n) is 1.80. The van der Waals surface area contributed by atoms with Crippen LogP contribution < -0.4 is 11.3 Å². The Hall–Kier alpha value is -1.01. The number of rotatable bonds is 4. The number of pyridine rings is 1. The Balaban J connectivity index is 2.24. The zero-order valence-electron chi connectivity index (χ0n) is 9.91. The van der Waals surface area contributed by atoms with Crippen molar-refractivity contribution in [1.29, 1.82) is 0 Å². The number of nitrogens with two attached hydrogens (primary N) is 1. The third kappa shape index (κ3) is 3.73. The van der Waals surface area contributed by atoms with Crippen molar-refractivity contribution in [2.45, 2.75) is 12.5 Å². The summed E-state index contributed by atoms with van der Waals surface area (Å²) in [4.78, 5) is 4.10. The lowest BCUT2D eigenvalue weighted by molar-refractivity contribution is 0.549. The molecule has 100 valence electrons. The first-order chi connectivity index (χ1) is 9.10. The Morgan fingerprint density at radius 2 is 2.16 bits per heavy atom. The van der Waals surface area contributed by atoms with Crippen LogP contribution in [-0.2, 0) is 6.42 Å². The van der Waals surface area contributed by atoms with Gasteiger partial charge in [-0.05, 0) is 51.7 Å². The first-order valence-electron chi connectivity index (χ1n) is 5.60. The van der Waals surface area contributed by atoms with Crippen molar-refractivity contribution < 1.29 is 4.39 Å². The molecule has 0 aliphatic heterocycles. The summed E-state index contributed by atoms with van der Waals surface area (Å²) in [7, 11) is 0. The monoisotopic (exact) mass is 343 g/mol. The second-order valence-electron chi connectivity index (χ2n) is 4.10. The van der Waals surface area contributed by atoms with E-state index in [9.17, 15) is 4.39 Å². The van der Waals surface area contributed by atoms with Crippen LogP contribution in [0.1, 0.15) is 17.2 Å². The molecule has 0 radical (unpaired) electrons. The Bertz CT molecular complexity index is 580. The van der Waals surface area contributed by atoms with Gasteiger partial charge in [0.15, 0.2) is 0 Å². The van der Waals surface area contributed by atoms with Crippen LogP contribution in [0.2, 0.25) is 5.02 Å². The van der Waals surface area contributed by atoms with Gasteiger partial charge in [-0.3, -0.25) is 16.3 Å². The first kappa shape index (κ1) is 14.4. The van der Waals surface area contributed by atoms with Gasteiger partial charge in [0.1, 0.15) is 5.82 Å². The summed E-state index contributed by atoms with van der Waals surface area (Å²) in [5.74, 6) is 5.22. The predicted octanol–water partition coefficient (Wildman–Crippen LogP) is 3.38. The molecule has 6 heteroatoms. The molecule has 0 saturated heterocycles. The predicted molar refractivity (Wildman–Crippen MR) is 77.1 cm³/mol.